The zero-order valence-electron chi connectivity index (χ0n) is 19.0. The van der Waals surface area contributed by atoms with Gasteiger partial charge in [0.25, 0.3) is 0 Å². The molecule has 2 fully saturated rings. The minimum Gasteiger partial charge on any atom is -0.504 e. The molecule has 2 saturated carbocycles. The number of esters is 1. The van der Waals surface area contributed by atoms with Gasteiger partial charge in [-0.2, -0.15) is 0 Å². The first-order chi connectivity index (χ1) is 16.0. The Morgan fingerprint density at radius 3 is 2.41 bits per heavy atom. The quantitative estimate of drug-likeness (QED) is 0.222. The van der Waals surface area contributed by atoms with Gasteiger partial charge in [-0.15, -0.1) is 0 Å². The zero-order chi connectivity index (χ0) is 24.4. The van der Waals surface area contributed by atoms with Crippen LogP contribution >= 0.6 is 0 Å². The topological polar surface area (TPSA) is 147 Å². The van der Waals surface area contributed by atoms with Crippen LogP contribution in [0.1, 0.15) is 72.9 Å². The van der Waals surface area contributed by atoms with Crippen molar-refractivity contribution < 1.29 is 33.3 Å². The van der Waals surface area contributed by atoms with Gasteiger partial charge in [0.05, 0.1) is 10.5 Å². The van der Waals surface area contributed by atoms with Crippen LogP contribution in [0.2, 0.25) is 0 Å². The minimum atomic E-state index is -3.92. The van der Waals surface area contributed by atoms with Crippen molar-refractivity contribution in [1.82, 2.24) is 0 Å². The van der Waals surface area contributed by atoms with Crippen molar-refractivity contribution in [3.05, 3.63) is 41.0 Å². The maximum Gasteiger partial charge on any atom is 0.343 e. The summed E-state index contributed by atoms with van der Waals surface area (Å²) < 4.78 is 28.1. The first-order valence-electron chi connectivity index (χ1n) is 11.7. The molecule has 0 spiro atoms. The second kappa shape index (κ2) is 7.88. The molecule has 4 atom stereocenters. The molecule has 0 bridgehead atoms. The third-order valence-corrected chi connectivity index (χ3v) is 9.38. The van der Waals surface area contributed by atoms with E-state index < -0.39 is 27.5 Å². The predicted octanol–water partition coefficient (Wildman–Crippen LogP) is 3.92. The fourth-order valence-electron chi connectivity index (χ4n) is 6.79. The van der Waals surface area contributed by atoms with E-state index in [9.17, 15) is 28.5 Å². The third-order valence-electron chi connectivity index (χ3n) is 8.45. The molecule has 5 rings (SSSR count). The summed E-state index contributed by atoms with van der Waals surface area (Å²) in [5, 5.41) is 37.7. The summed E-state index contributed by atoms with van der Waals surface area (Å²) in [6.07, 6.45) is 6.94. The second-order valence-corrected chi connectivity index (χ2v) is 11.8. The molecule has 8 nitrogen and oxygen atoms in total. The van der Waals surface area contributed by atoms with Crippen LogP contribution in [0.5, 0.6) is 23.0 Å². The number of rotatable bonds is 3. The van der Waals surface area contributed by atoms with Crippen molar-refractivity contribution in [3.8, 4) is 23.0 Å². The molecule has 3 aliphatic rings. The number of hydrogen-bond donors (Lipinski definition) is 4. The van der Waals surface area contributed by atoms with Crippen molar-refractivity contribution >= 4 is 16.0 Å². The molecule has 2 aromatic carbocycles. The van der Waals surface area contributed by atoms with Gasteiger partial charge in [0.1, 0.15) is 0 Å². The number of phenolic OH excluding ortho intramolecular Hbond substituents is 3. The lowest BCUT2D eigenvalue weighted by Gasteiger charge is -2.49. The van der Waals surface area contributed by atoms with Crippen LogP contribution in [-0.4, -0.2) is 29.7 Å². The molecule has 182 valence electrons. The smallest absolute Gasteiger partial charge is 0.343 e. The monoisotopic (exact) mass is 487 g/mol. The Kier molecular flexibility index (Phi) is 5.33. The van der Waals surface area contributed by atoms with Crippen LogP contribution in [0.4, 0.5) is 0 Å². The molecule has 3 aliphatic carbocycles. The van der Waals surface area contributed by atoms with Crippen LogP contribution < -0.4 is 9.88 Å². The minimum absolute atomic E-state index is 0.00345. The summed E-state index contributed by atoms with van der Waals surface area (Å²) in [7, 11) is -3.92. The Labute approximate surface area is 198 Å². The molecule has 9 heteroatoms. The number of benzene rings is 2. The number of sulfonamides is 1. The third kappa shape index (κ3) is 3.53. The van der Waals surface area contributed by atoms with E-state index in [-0.39, 0.29) is 27.9 Å². The first kappa shape index (κ1) is 23.0. The van der Waals surface area contributed by atoms with Crippen LogP contribution in [0.3, 0.4) is 0 Å². The van der Waals surface area contributed by atoms with E-state index in [1.807, 2.05) is 0 Å². The second-order valence-electron chi connectivity index (χ2n) is 10.2. The van der Waals surface area contributed by atoms with Gasteiger partial charge in [0.2, 0.25) is 21.5 Å². The summed E-state index contributed by atoms with van der Waals surface area (Å²) in [5.41, 5.74) is 1.42. The van der Waals surface area contributed by atoms with Crippen LogP contribution in [0.15, 0.2) is 29.2 Å². The molecule has 3 unspecified atom stereocenters. The Hall–Kier alpha value is -2.78. The van der Waals surface area contributed by atoms with Crippen molar-refractivity contribution in [2.45, 2.75) is 62.7 Å². The van der Waals surface area contributed by atoms with Gasteiger partial charge in [-0.05, 0) is 86.0 Å². The number of aromatic hydroxyl groups is 3. The van der Waals surface area contributed by atoms with Gasteiger partial charge >= 0.3 is 5.97 Å². The molecular weight excluding hydrogens is 458 g/mol. The Balaban J connectivity index is 1.46. The number of hydrogen-bond acceptors (Lipinski definition) is 7. The highest BCUT2D eigenvalue weighted by Crippen LogP contribution is 2.64. The fraction of sp³-hybridized carbons (Fsp3) is 0.480. The largest absolute Gasteiger partial charge is 0.504 e. The summed E-state index contributed by atoms with van der Waals surface area (Å²) in [6, 6.07) is 4.77. The molecule has 0 aliphatic heterocycles. The highest BCUT2D eigenvalue weighted by molar-refractivity contribution is 7.89. The summed E-state index contributed by atoms with van der Waals surface area (Å²) in [5.74, 6) is -1.73. The SMILES string of the molecule is C[C@@]12CCCC1C1CCc3c(O)c(OC(=O)c4ccc(S(N)(=O)=O)cc4)c(O)c(O)c3C1CC2. The average molecular weight is 488 g/mol. The normalized spacial score (nSPS) is 28.0. The van der Waals surface area contributed by atoms with E-state index in [4.69, 9.17) is 9.88 Å². The maximum atomic E-state index is 12.6. The highest BCUT2D eigenvalue weighted by atomic mass is 32.2. The van der Waals surface area contributed by atoms with Crippen molar-refractivity contribution in [3.63, 3.8) is 0 Å². The molecule has 0 saturated heterocycles. The number of carbonyl (C=O) groups excluding carboxylic acids is 1. The number of phenols is 3. The molecule has 0 aromatic heterocycles. The summed E-state index contributed by atoms with van der Waals surface area (Å²) in [6.45, 7) is 2.36. The van der Waals surface area contributed by atoms with E-state index in [1.54, 1.807) is 0 Å². The van der Waals surface area contributed by atoms with Gasteiger partial charge in [-0.3, -0.25) is 0 Å². The van der Waals surface area contributed by atoms with E-state index in [2.05, 4.69) is 6.92 Å². The number of fused-ring (bicyclic) bond motifs is 5. The molecule has 34 heavy (non-hydrogen) atoms. The van der Waals surface area contributed by atoms with Crippen LogP contribution in [0.25, 0.3) is 0 Å². The van der Waals surface area contributed by atoms with Crippen LogP contribution in [0, 0.1) is 17.3 Å². The molecule has 2 aromatic rings. The van der Waals surface area contributed by atoms with Crippen molar-refractivity contribution in [1.29, 1.82) is 0 Å². The Morgan fingerprint density at radius 2 is 1.74 bits per heavy atom. The van der Waals surface area contributed by atoms with Gasteiger partial charge in [0.15, 0.2) is 11.5 Å². The number of ether oxygens (including phenoxy) is 1. The number of carbonyl (C=O) groups is 1. The Bertz CT molecular complexity index is 1270. The van der Waals surface area contributed by atoms with Gasteiger partial charge in [-0.1, -0.05) is 13.3 Å². The lowest BCUT2D eigenvalue weighted by atomic mass is 9.55. The summed E-state index contributed by atoms with van der Waals surface area (Å²) in [4.78, 5) is 12.5. The molecule has 0 radical (unpaired) electrons. The van der Waals surface area contributed by atoms with Gasteiger partial charge < -0.3 is 20.1 Å². The predicted molar refractivity (Wildman–Crippen MR) is 123 cm³/mol. The highest BCUT2D eigenvalue weighted by Gasteiger charge is 2.51. The van der Waals surface area contributed by atoms with Gasteiger partial charge in [0, 0.05) is 11.1 Å². The van der Waals surface area contributed by atoms with E-state index in [0.717, 1.165) is 31.4 Å². The number of primary sulfonamides is 1. The molecule has 0 heterocycles. The maximum absolute atomic E-state index is 12.6. The Morgan fingerprint density at radius 1 is 1.03 bits per heavy atom. The average Bonchev–Trinajstić information content (AvgIpc) is 3.21. The molecular formula is C25H29NO7S. The lowest BCUT2D eigenvalue weighted by Crippen LogP contribution is -2.39. The van der Waals surface area contributed by atoms with Crippen molar-refractivity contribution in [2.24, 2.45) is 22.4 Å². The van der Waals surface area contributed by atoms with E-state index >= 15 is 0 Å². The molecule has 5 N–H and O–H groups in total. The first-order valence-corrected chi connectivity index (χ1v) is 13.2. The fourth-order valence-corrected chi connectivity index (χ4v) is 7.30. The standard InChI is InChI=1S/C25H29NO7S/c1-25-11-2-3-18(25)15-8-9-17-19(16(15)10-12-25)21(28)22(29)23(20(17)27)33-24(30)13-4-6-14(7-5-13)34(26,31)32/h4-7,15-16,18,27-29H,2-3,8-12H2,1H3,(H2,26,31,32)/t15?,16?,18?,25-/m0/s1. The molecule has 0 amide bonds. The zero-order valence-corrected chi connectivity index (χ0v) is 19.8. The van der Waals surface area contributed by atoms with Crippen LogP contribution in [-0.2, 0) is 16.4 Å². The van der Waals surface area contributed by atoms with Crippen molar-refractivity contribution in [2.75, 3.05) is 0 Å². The van der Waals surface area contributed by atoms with Gasteiger partial charge in [-0.25, -0.2) is 18.4 Å². The summed E-state index contributed by atoms with van der Waals surface area (Å²) >= 11 is 0. The van der Waals surface area contributed by atoms with E-state index in [0.29, 0.717) is 34.8 Å². The van der Waals surface area contributed by atoms with E-state index in [1.165, 1.54) is 31.4 Å². The number of nitrogens with two attached hydrogens (primary N) is 1. The lowest BCUT2D eigenvalue weighted by molar-refractivity contribution is 0.0580.